The van der Waals surface area contributed by atoms with Crippen LogP contribution in [0, 0.1) is 23.2 Å². The van der Waals surface area contributed by atoms with Gasteiger partial charge in [0.15, 0.2) is 5.78 Å². The minimum absolute atomic E-state index is 0.00447. The normalized spacial score (nSPS) is 14.1. The van der Waals surface area contributed by atoms with Crippen LogP contribution in [0.1, 0.15) is 32.3 Å². The van der Waals surface area contributed by atoms with Gasteiger partial charge in [0.2, 0.25) is 0 Å². The molecular formula is C14H16BrNO. The van der Waals surface area contributed by atoms with E-state index >= 15 is 0 Å². The summed E-state index contributed by atoms with van der Waals surface area (Å²) >= 11 is 3.34. The van der Waals surface area contributed by atoms with Crippen molar-refractivity contribution in [2.24, 2.45) is 11.8 Å². The van der Waals surface area contributed by atoms with E-state index in [-0.39, 0.29) is 17.6 Å². The van der Waals surface area contributed by atoms with Crippen molar-refractivity contribution in [1.82, 2.24) is 0 Å². The molecule has 0 spiro atoms. The van der Waals surface area contributed by atoms with Crippen LogP contribution in [-0.2, 0) is 4.79 Å². The monoisotopic (exact) mass is 293 g/mol. The summed E-state index contributed by atoms with van der Waals surface area (Å²) in [5, 5.41) is 9.17. The van der Waals surface area contributed by atoms with Crippen LogP contribution in [0.3, 0.4) is 0 Å². The molecule has 0 aliphatic rings. The largest absolute Gasteiger partial charge is 0.298 e. The van der Waals surface area contributed by atoms with Gasteiger partial charge in [0.1, 0.15) is 5.92 Å². The third kappa shape index (κ3) is 3.41. The van der Waals surface area contributed by atoms with Crippen molar-refractivity contribution in [3.8, 4) is 6.07 Å². The van der Waals surface area contributed by atoms with Crippen LogP contribution in [0.4, 0.5) is 0 Å². The Bertz CT molecular complexity index is 431. The quantitative estimate of drug-likeness (QED) is 0.844. The number of nitriles is 1. The molecule has 3 heteroatoms. The second-order valence-corrected chi connectivity index (χ2v) is 5.46. The number of benzene rings is 1. The van der Waals surface area contributed by atoms with E-state index in [1.807, 2.05) is 45.0 Å². The van der Waals surface area contributed by atoms with Gasteiger partial charge in [-0.3, -0.25) is 4.79 Å². The zero-order valence-corrected chi connectivity index (χ0v) is 11.9. The van der Waals surface area contributed by atoms with Gasteiger partial charge >= 0.3 is 0 Å². The average molecular weight is 294 g/mol. The van der Waals surface area contributed by atoms with E-state index in [0.29, 0.717) is 0 Å². The predicted octanol–water partition coefficient (Wildman–Crippen LogP) is 3.92. The van der Waals surface area contributed by atoms with Crippen LogP contribution in [0.2, 0.25) is 0 Å². The first-order valence-electron chi connectivity index (χ1n) is 5.66. The molecule has 0 heterocycles. The third-order valence-corrected chi connectivity index (χ3v) is 3.59. The molecule has 0 aliphatic carbocycles. The first kappa shape index (κ1) is 13.9. The fourth-order valence-corrected chi connectivity index (χ4v) is 1.81. The maximum Gasteiger partial charge on any atom is 0.157 e. The van der Waals surface area contributed by atoms with E-state index in [1.54, 1.807) is 0 Å². The standard InChI is InChI=1S/C14H16BrNO/c1-9(2)10(3)14(17)13(8-16)11-4-6-12(15)7-5-11/h4-7,9-10,13H,1-3H3. The van der Waals surface area contributed by atoms with Crippen LogP contribution >= 0.6 is 15.9 Å². The number of carbonyl (C=O) groups excluding carboxylic acids is 1. The fraction of sp³-hybridized carbons (Fsp3) is 0.429. The molecule has 90 valence electrons. The molecule has 0 aliphatic heterocycles. The summed E-state index contributed by atoms with van der Waals surface area (Å²) in [6.07, 6.45) is 0. The number of carbonyl (C=O) groups is 1. The maximum atomic E-state index is 12.2. The van der Waals surface area contributed by atoms with E-state index in [9.17, 15) is 4.79 Å². The van der Waals surface area contributed by atoms with Crippen molar-refractivity contribution >= 4 is 21.7 Å². The number of rotatable bonds is 4. The minimum atomic E-state index is -0.652. The van der Waals surface area contributed by atoms with Gasteiger partial charge in [0, 0.05) is 10.4 Å². The van der Waals surface area contributed by atoms with E-state index in [0.717, 1.165) is 10.0 Å². The molecule has 1 rings (SSSR count). The zero-order valence-electron chi connectivity index (χ0n) is 10.3. The minimum Gasteiger partial charge on any atom is -0.298 e. The van der Waals surface area contributed by atoms with Gasteiger partial charge in [-0.25, -0.2) is 0 Å². The molecule has 2 nitrogen and oxygen atoms in total. The van der Waals surface area contributed by atoms with Gasteiger partial charge < -0.3 is 0 Å². The number of halogens is 1. The summed E-state index contributed by atoms with van der Waals surface area (Å²) in [5.74, 6) is -0.484. The van der Waals surface area contributed by atoms with Gasteiger partial charge in [-0.2, -0.15) is 5.26 Å². The SMILES string of the molecule is CC(C)C(C)C(=O)C(C#N)c1ccc(Br)cc1. The smallest absolute Gasteiger partial charge is 0.157 e. The van der Waals surface area contributed by atoms with E-state index in [2.05, 4.69) is 22.0 Å². The van der Waals surface area contributed by atoms with Crippen molar-refractivity contribution in [3.63, 3.8) is 0 Å². The van der Waals surface area contributed by atoms with Crippen LogP contribution in [0.15, 0.2) is 28.7 Å². The summed E-state index contributed by atoms with van der Waals surface area (Å²) in [7, 11) is 0. The second kappa shape index (κ2) is 5.97. The Morgan fingerprint density at radius 3 is 2.18 bits per heavy atom. The number of nitrogens with zero attached hydrogens (tertiary/aromatic N) is 1. The fourth-order valence-electron chi connectivity index (χ4n) is 1.55. The van der Waals surface area contributed by atoms with Gasteiger partial charge in [0.05, 0.1) is 6.07 Å². The molecule has 0 fully saturated rings. The highest BCUT2D eigenvalue weighted by atomic mass is 79.9. The second-order valence-electron chi connectivity index (χ2n) is 4.55. The lowest BCUT2D eigenvalue weighted by Gasteiger charge is -2.17. The Morgan fingerprint density at radius 1 is 1.24 bits per heavy atom. The lowest BCUT2D eigenvalue weighted by Crippen LogP contribution is -2.23. The molecule has 0 saturated heterocycles. The van der Waals surface area contributed by atoms with E-state index < -0.39 is 5.92 Å². The van der Waals surface area contributed by atoms with Crippen molar-refractivity contribution in [1.29, 1.82) is 5.26 Å². The Morgan fingerprint density at radius 2 is 1.76 bits per heavy atom. The highest BCUT2D eigenvalue weighted by Crippen LogP contribution is 2.24. The average Bonchev–Trinajstić information content (AvgIpc) is 2.31. The van der Waals surface area contributed by atoms with Gasteiger partial charge in [-0.05, 0) is 23.6 Å². The number of hydrogen-bond donors (Lipinski definition) is 0. The Labute approximate surface area is 111 Å². The van der Waals surface area contributed by atoms with Crippen molar-refractivity contribution in [2.45, 2.75) is 26.7 Å². The van der Waals surface area contributed by atoms with Crippen molar-refractivity contribution in [3.05, 3.63) is 34.3 Å². The molecule has 0 radical (unpaired) electrons. The Kier molecular flexibility index (Phi) is 4.89. The van der Waals surface area contributed by atoms with Gasteiger partial charge in [0.25, 0.3) is 0 Å². The molecule has 1 aromatic carbocycles. The van der Waals surface area contributed by atoms with Crippen LogP contribution in [-0.4, -0.2) is 5.78 Å². The molecular weight excluding hydrogens is 278 g/mol. The molecule has 1 aromatic rings. The molecule has 0 bridgehead atoms. The lowest BCUT2D eigenvalue weighted by atomic mass is 9.84. The first-order chi connectivity index (χ1) is 7.97. The predicted molar refractivity (Wildman–Crippen MR) is 71.5 cm³/mol. The number of hydrogen-bond acceptors (Lipinski definition) is 2. The summed E-state index contributed by atoms with van der Waals surface area (Å²) in [4.78, 5) is 12.2. The Hall–Kier alpha value is -1.14. The zero-order chi connectivity index (χ0) is 13.0. The molecule has 2 atom stereocenters. The number of Topliss-reactive ketones (excluding diaryl/α,β-unsaturated/α-hetero) is 1. The van der Waals surface area contributed by atoms with E-state index in [4.69, 9.17) is 5.26 Å². The lowest BCUT2D eigenvalue weighted by molar-refractivity contribution is -0.123. The molecule has 17 heavy (non-hydrogen) atoms. The number of ketones is 1. The van der Waals surface area contributed by atoms with Crippen LogP contribution < -0.4 is 0 Å². The summed E-state index contributed by atoms with van der Waals surface area (Å²) in [6.45, 7) is 5.88. The maximum absolute atomic E-state index is 12.2. The van der Waals surface area contributed by atoms with Crippen molar-refractivity contribution in [2.75, 3.05) is 0 Å². The van der Waals surface area contributed by atoms with Crippen molar-refractivity contribution < 1.29 is 4.79 Å². The summed E-state index contributed by atoms with van der Waals surface area (Å²) in [5.41, 5.74) is 0.771. The molecule has 0 aromatic heterocycles. The molecule has 0 N–H and O–H groups in total. The van der Waals surface area contributed by atoms with Gasteiger partial charge in [-0.1, -0.05) is 48.8 Å². The highest BCUT2D eigenvalue weighted by molar-refractivity contribution is 9.10. The first-order valence-corrected chi connectivity index (χ1v) is 6.45. The molecule has 0 saturated carbocycles. The van der Waals surface area contributed by atoms with Crippen LogP contribution in [0.25, 0.3) is 0 Å². The highest BCUT2D eigenvalue weighted by Gasteiger charge is 2.26. The summed E-state index contributed by atoms with van der Waals surface area (Å²) < 4.78 is 0.947. The summed E-state index contributed by atoms with van der Waals surface area (Å²) in [6, 6.07) is 9.46. The Balaban J connectivity index is 2.97. The van der Waals surface area contributed by atoms with E-state index in [1.165, 1.54) is 0 Å². The van der Waals surface area contributed by atoms with Gasteiger partial charge in [-0.15, -0.1) is 0 Å². The third-order valence-electron chi connectivity index (χ3n) is 3.07. The van der Waals surface area contributed by atoms with Crippen LogP contribution in [0.5, 0.6) is 0 Å². The topological polar surface area (TPSA) is 40.9 Å². The molecule has 2 unspecified atom stereocenters. The molecule has 0 amide bonds.